The summed E-state index contributed by atoms with van der Waals surface area (Å²) in [6, 6.07) is 0. The van der Waals surface area contributed by atoms with Crippen LogP contribution < -0.4 is 0 Å². The Labute approximate surface area is 137 Å². The van der Waals surface area contributed by atoms with Crippen molar-refractivity contribution in [3.63, 3.8) is 0 Å². The molecular weight excluding hydrogens is 278 g/mol. The molecule has 0 amide bonds. The van der Waals surface area contributed by atoms with Crippen molar-refractivity contribution in [2.45, 2.75) is 83.7 Å². The first-order valence-corrected chi connectivity index (χ1v) is 8.95. The van der Waals surface area contributed by atoms with E-state index in [0.717, 1.165) is 19.3 Å². The number of aliphatic hydroxyl groups is 1. The van der Waals surface area contributed by atoms with Crippen LogP contribution in [0.3, 0.4) is 0 Å². The average Bonchev–Trinajstić information content (AvgIpc) is 2.33. The van der Waals surface area contributed by atoms with E-state index in [1.807, 2.05) is 21.0 Å². The van der Waals surface area contributed by atoms with Crippen LogP contribution in [-0.4, -0.2) is 53.5 Å². The van der Waals surface area contributed by atoms with Crippen LogP contribution >= 0.6 is 0 Å². The molecular formula is C18H38NO3+. The maximum Gasteiger partial charge on any atom is 0.359 e. The molecule has 0 aromatic heterocycles. The van der Waals surface area contributed by atoms with E-state index in [1.54, 1.807) is 0 Å². The number of carbonyl (C=O) groups is 1. The third kappa shape index (κ3) is 13.1. The molecule has 0 rings (SSSR count). The monoisotopic (exact) mass is 316 g/mol. The van der Waals surface area contributed by atoms with Gasteiger partial charge in [-0.25, -0.2) is 4.79 Å². The highest BCUT2D eigenvalue weighted by Gasteiger charge is 2.31. The number of nitrogens with zero attached hydrogens (tertiary/aromatic N) is 1. The van der Waals surface area contributed by atoms with E-state index in [9.17, 15) is 9.90 Å². The summed E-state index contributed by atoms with van der Waals surface area (Å²) in [6.07, 6.45) is 12.2. The fourth-order valence-corrected chi connectivity index (χ4v) is 3.24. The van der Waals surface area contributed by atoms with E-state index >= 15 is 0 Å². The zero-order valence-corrected chi connectivity index (χ0v) is 15.2. The van der Waals surface area contributed by atoms with Crippen LogP contribution in [-0.2, 0) is 4.79 Å². The molecule has 1 atom stereocenters. The third-order valence-electron chi connectivity index (χ3n) is 4.15. The molecule has 0 fully saturated rings. The summed E-state index contributed by atoms with van der Waals surface area (Å²) in [7, 11) is 3.72. The van der Waals surface area contributed by atoms with Gasteiger partial charge in [0.2, 0.25) is 0 Å². The molecule has 0 aromatic rings. The summed E-state index contributed by atoms with van der Waals surface area (Å²) in [4.78, 5) is 10.8. The normalized spacial score (nSPS) is 14.8. The van der Waals surface area contributed by atoms with E-state index in [-0.39, 0.29) is 6.54 Å². The second-order valence-electron chi connectivity index (χ2n) is 7.72. The van der Waals surface area contributed by atoms with E-state index in [0.29, 0.717) is 11.0 Å². The first-order chi connectivity index (χ1) is 10.2. The van der Waals surface area contributed by atoms with Gasteiger partial charge in [0.25, 0.3) is 0 Å². The molecule has 0 bridgehead atoms. The molecule has 0 saturated heterocycles. The van der Waals surface area contributed by atoms with Crippen LogP contribution in [0.2, 0.25) is 0 Å². The zero-order valence-electron chi connectivity index (χ0n) is 15.2. The Morgan fingerprint density at radius 3 is 1.86 bits per heavy atom. The Bertz CT molecular complexity index is 301. The largest absolute Gasteiger partial charge is 0.477 e. The predicted octanol–water partition coefficient (Wildman–Crippen LogP) is 3.82. The van der Waals surface area contributed by atoms with Gasteiger partial charge in [0.1, 0.15) is 12.1 Å². The number of likely N-dealkylation sites (N-methyl/N-ethyl adjacent to an activating group) is 1. The van der Waals surface area contributed by atoms with E-state index in [2.05, 4.69) is 6.92 Å². The van der Waals surface area contributed by atoms with Crippen molar-refractivity contribution in [2.24, 2.45) is 0 Å². The van der Waals surface area contributed by atoms with E-state index < -0.39 is 11.6 Å². The Morgan fingerprint density at radius 2 is 1.41 bits per heavy atom. The van der Waals surface area contributed by atoms with Crippen LogP contribution in [0, 0.1) is 0 Å². The van der Waals surface area contributed by atoms with Crippen LogP contribution in [0.5, 0.6) is 0 Å². The van der Waals surface area contributed by atoms with Gasteiger partial charge in [-0.15, -0.1) is 0 Å². The summed E-state index contributed by atoms with van der Waals surface area (Å²) in [5, 5.41) is 19.4. The Hall–Kier alpha value is -0.610. The second-order valence-corrected chi connectivity index (χ2v) is 7.72. The van der Waals surface area contributed by atoms with Crippen molar-refractivity contribution in [2.75, 3.05) is 27.2 Å². The summed E-state index contributed by atoms with van der Waals surface area (Å²) >= 11 is 0. The zero-order chi connectivity index (χ0) is 17.1. The number of carboxylic acid groups (broad SMARTS) is 1. The molecule has 0 spiro atoms. The van der Waals surface area contributed by atoms with Gasteiger partial charge in [-0.3, -0.25) is 0 Å². The highest BCUT2D eigenvalue weighted by molar-refractivity contribution is 5.67. The number of carboxylic acids is 1. The smallest absolute Gasteiger partial charge is 0.359 e. The van der Waals surface area contributed by atoms with E-state index in [1.165, 1.54) is 44.9 Å². The SMILES string of the molecule is CCCCCCCCCCCC(C)(O)C[N+](C)(C)CC(=O)O. The molecule has 0 radical (unpaired) electrons. The number of aliphatic carboxylic acids is 1. The lowest BCUT2D eigenvalue weighted by molar-refractivity contribution is -0.889. The van der Waals surface area contributed by atoms with Crippen molar-refractivity contribution >= 4 is 5.97 Å². The summed E-state index contributed by atoms with van der Waals surface area (Å²) in [5.74, 6) is -0.816. The van der Waals surface area contributed by atoms with Crippen molar-refractivity contribution in [1.82, 2.24) is 0 Å². The van der Waals surface area contributed by atoms with Crippen molar-refractivity contribution in [1.29, 1.82) is 0 Å². The predicted molar refractivity (Wildman–Crippen MR) is 91.9 cm³/mol. The van der Waals surface area contributed by atoms with Crippen LogP contribution in [0.15, 0.2) is 0 Å². The summed E-state index contributed by atoms with van der Waals surface area (Å²) < 4.78 is 0.319. The van der Waals surface area contributed by atoms with Gasteiger partial charge in [0.15, 0.2) is 6.54 Å². The lowest BCUT2D eigenvalue weighted by atomic mass is 9.96. The number of rotatable bonds is 14. The van der Waals surface area contributed by atoms with Gasteiger partial charge in [-0.05, 0) is 13.3 Å². The molecule has 0 aliphatic heterocycles. The third-order valence-corrected chi connectivity index (χ3v) is 4.15. The number of hydrogen-bond acceptors (Lipinski definition) is 2. The minimum atomic E-state index is -0.816. The number of hydrogen-bond donors (Lipinski definition) is 2. The fourth-order valence-electron chi connectivity index (χ4n) is 3.24. The summed E-state index contributed by atoms with van der Waals surface area (Å²) in [6.45, 7) is 4.60. The van der Waals surface area contributed by atoms with Crippen molar-refractivity contribution in [3.05, 3.63) is 0 Å². The molecule has 0 heterocycles. The Kier molecular flexibility index (Phi) is 10.7. The van der Waals surface area contributed by atoms with Gasteiger partial charge in [0, 0.05) is 0 Å². The van der Waals surface area contributed by atoms with Crippen molar-refractivity contribution < 1.29 is 19.5 Å². The van der Waals surface area contributed by atoms with Crippen molar-refractivity contribution in [3.8, 4) is 0 Å². The number of unbranched alkanes of at least 4 members (excludes halogenated alkanes) is 8. The highest BCUT2D eigenvalue weighted by Crippen LogP contribution is 2.19. The Morgan fingerprint density at radius 1 is 0.955 bits per heavy atom. The first-order valence-electron chi connectivity index (χ1n) is 8.95. The second kappa shape index (κ2) is 11.0. The fraction of sp³-hybridized carbons (Fsp3) is 0.944. The topological polar surface area (TPSA) is 57.5 Å². The standard InChI is InChI=1S/C18H37NO3/c1-5-6-7-8-9-10-11-12-13-14-18(2,22)16-19(3,4)15-17(20)21/h22H,5-16H2,1-4H3/p+1. The highest BCUT2D eigenvalue weighted by atomic mass is 16.4. The molecule has 2 N–H and O–H groups in total. The molecule has 0 aliphatic carbocycles. The maximum atomic E-state index is 10.8. The van der Waals surface area contributed by atoms with Crippen LogP contribution in [0.1, 0.15) is 78.1 Å². The Balaban J connectivity index is 3.73. The summed E-state index contributed by atoms with van der Waals surface area (Å²) in [5.41, 5.74) is -0.778. The molecule has 4 nitrogen and oxygen atoms in total. The van der Waals surface area contributed by atoms with Crippen LogP contribution in [0.4, 0.5) is 0 Å². The van der Waals surface area contributed by atoms with Gasteiger partial charge in [0.05, 0.1) is 14.1 Å². The van der Waals surface area contributed by atoms with Gasteiger partial charge < -0.3 is 14.7 Å². The average molecular weight is 317 g/mol. The van der Waals surface area contributed by atoms with Gasteiger partial charge in [-0.1, -0.05) is 64.7 Å². The van der Waals surface area contributed by atoms with Gasteiger partial charge in [-0.2, -0.15) is 0 Å². The molecule has 132 valence electrons. The van der Waals surface area contributed by atoms with Gasteiger partial charge >= 0.3 is 5.97 Å². The molecule has 4 heteroatoms. The quantitative estimate of drug-likeness (QED) is 0.378. The molecule has 0 aromatic carbocycles. The molecule has 22 heavy (non-hydrogen) atoms. The first kappa shape index (κ1) is 21.4. The molecule has 0 saturated carbocycles. The number of quaternary nitrogens is 1. The minimum Gasteiger partial charge on any atom is -0.477 e. The van der Waals surface area contributed by atoms with Crippen LogP contribution in [0.25, 0.3) is 0 Å². The molecule has 0 aliphatic rings. The molecule has 1 unspecified atom stereocenters. The maximum absolute atomic E-state index is 10.8. The minimum absolute atomic E-state index is 0.0495. The lowest BCUT2D eigenvalue weighted by Gasteiger charge is -2.35. The van der Waals surface area contributed by atoms with E-state index in [4.69, 9.17) is 5.11 Å². The lowest BCUT2D eigenvalue weighted by Crippen LogP contribution is -2.52.